The molecule has 4 heteroatoms. The van der Waals surface area contributed by atoms with Crippen LogP contribution < -0.4 is 10.6 Å². The standard InChI is InChI=1S/C17H33N3O/c1-3-4-5-8-14(2)19-17(21)13-20-12-7-10-16(20)15-9-6-11-18-15/h14-16,18H,3-13H2,1-2H3,(H,19,21). The molecule has 4 nitrogen and oxygen atoms in total. The SMILES string of the molecule is CCCCCC(C)NC(=O)CN1CCCC1C1CCCN1. The third kappa shape index (κ3) is 5.26. The van der Waals surface area contributed by atoms with Crippen LogP contribution in [0.15, 0.2) is 0 Å². The van der Waals surface area contributed by atoms with Gasteiger partial charge in [-0.15, -0.1) is 0 Å². The molecular weight excluding hydrogens is 262 g/mol. The zero-order chi connectivity index (χ0) is 15.1. The van der Waals surface area contributed by atoms with Crippen LogP contribution in [-0.2, 0) is 4.79 Å². The Morgan fingerprint density at radius 2 is 2.19 bits per heavy atom. The third-order valence-electron chi connectivity index (χ3n) is 4.97. The van der Waals surface area contributed by atoms with Crippen LogP contribution in [0.25, 0.3) is 0 Å². The minimum atomic E-state index is 0.212. The molecule has 1 amide bonds. The average Bonchev–Trinajstić information content (AvgIpc) is 3.09. The van der Waals surface area contributed by atoms with Gasteiger partial charge < -0.3 is 10.6 Å². The molecule has 2 rings (SSSR count). The summed E-state index contributed by atoms with van der Waals surface area (Å²) in [4.78, 5) is 14.6. The van der Waals surface area contributed by atoms with Gasteiger partial charge in [0.1, 0.15) is 0 Å². The van der Waals surface area contributed by atoms with Gasteiger partial charge in [-0.2, -0.15) is 0 Å². The molecular formula is C17H33N3O. The van der Waals surface area contributed by atoms with Gasteiger partial charge in [-0.3, -0.25) is 9.69 Å². The maximum absolute atomic E-state index is 12.2. The Morgan fingerprint density at radius 1 is 1.33 bits per heavy atom. The number of nitrogens with zero attached hydrogens (tertiary/aromatic N) is 1. The lowest BCUT2D eigenvalue weighted by Crippen LogP contribution is -2.48. The van der Waals surface area contributed by atoms with Crippen molar-refractivity contribution in [1.82, 2.24) is 15.5 Å². The summed E-state index contributed by atoms with van der Waals surface area (Å²) in [6.07, 6.45) is 9.88. The average molecular weight is 295 g/mol. The van der Waals surface area contributed by atoms with Gasteiger partial charge in [-0.1, -0.05) is 26.2 Å². The predicted molar refractivity (Wildman–Crippen MR) is 87.4 cm³/mol. The maximum Gasteiger partial charge on any atom is 0.234 e. The Morgan fingerprint density at radius 3 is 2.90 bits per heavy atom. The van der Waals surface area contributed by atoms with Gasteiger partial charge in [-0.25, -0.2) is 0 Å². The van der Waals surface area contributed by atoms with Crippen molar-refractivity contribution in [3.8, 4) is 0 Å². The molecule has 0 spiro atoms. The van der Waals surface area contributed by atoms with E-state index in [0.29, 0.717) is 24.7 Å². The van der Waals surface area contributed by atoms with Gasteiger partial charge in [0.05, 0.1) is 6.54 Å². The van der Waals surface area contributed by atoms with Crippen molar-refractivity contribution in [2.24, 2.45) is 0 Å². The van der Waals surface area contributed by atoms with Crippen molar-refractivity contribution >= 4 is 5.91 Å². The number of likely N-dealkylation sites (tertiary alicyclic amines) is 1. The number of unbranched alkanes of at least 4 members (excludes halogenated alkanes) is 2. The van der Waals surface area contributed by atoms with E-state index in [4.69, 9.17) is 0 Å². The Bertz CT molecular complexity index is 315. The summed E-state index contributed by atoms with van der Waals surface area (Å²) in [6.45, 7) is 7.17. The van der Waals surface area contributed by atoms with E-state index in [-0.39, 0.29) is 5.91 Å². The number of hydrogen-bond acceptors (Lipinski definition) is 3. The summed E-state index contributed by atoms with van der Waals surface area (Å²) in [6, 6.07) is 1.51. The quantitative estimate of drug-likeness (QED) is 0.675. The Hall–Kier alpha value is -0.610. The number of amides is 1. The normalized spacial score (nSPS) is 27.9. The number of rotatable bonds is 8. The highest BCUT2D eigenvalue weighted by molar-refractivity contribution is 5.78. The second-order valence-corrected chi connectivity index (χ2v) is 6.85. The summed E-state index contributed by atoms with van der Waals surface area (Å²) in [7, 11) is 0. The van der Waals surface area contributed by atoms with Gasteiger partial charge in [0, 0.05) is 18.1 Å². The minimum absolute atomic E-state index is 0.212. The second kappa shape index (κ2) is 8.74. The first-order chi connectivity index (χ1) is 10.2. The monoisotopic (exact) mass is 295 g/mol. The van der Waals surface area contributed by atoms with Crippen molar-refractivity contribution in [3.05, 3.63) is 0 Å². The highest BCUT2D eigenvalue weighted by Gasteiger charge is 2.33. The van der Waals surface area contributed by atoms with Crippen LogP contribution in [0.4, 0.5) is 0 Å². The van der Waals surface area contributed by atoms with E-state index in [9.17, 15) is 4.79 Å². The van der Waals surface area contributed by atoms with E-state index < -0.39 is 0 Å². The van der Waals surface area contributed by atoms with Gasteiger partial charge >= 0.3 is 0 Å². The zero-order valence-electron chi connectivity index (χ0n) is 13.9. The first kappa shape index (κ1) is 16.8. The fourth-order valence-electron chi connectivity index (χ4n) is 3.82. The van der Waals surface area contributed by atoms with Crippen molar-refractivity contribution in [2.75, 3.05) is 19.6 Å². The first-order valence-electron chi connectivity index (χ1n) is 8.97. The van der Waals surface area contributed by atoms with E-state index >= 15 is 0 Å². The van der Waals surface area contributed by atoms with Crippen molar-refractivity contribution in [2.45, 2.75) is 83.3 Å². The molecule has 0 saturated carbocycles. The molecule has 0 radical (unpaired) electrons. The number of nitrogens with one attached hydrogen (secondary N) is 2. The van der Waals surface area contributed by atoms with Crippen LogP contribution in [0.1, 0.15) is 65.2 Å². The van der Waals surface area contributed by atoms with Crippen molar-refractivity contribution in [1.29, 1.82) is 0 Å². The van der Waals surface area contributed by atoms with Crippen molar-refractivity contribution < 1.29 is 4.79 Å². The lowest BCUT2D eigenvalue weighted by molar-refractivity contribution is -0.123. The molecule has 2 heterocycles. The summed E-state index contributed by atoms with van der Waals surface area (Å²) in [5.74, 6) is 0.212. The lowest BCUT2D eigenvalue weighted by atomic mass is 10.0. The van der Waals surface area contributed by atoms with Gasteiger partial charge in [0.2, 0.25) is 5.91 Å². The topological polar surface area (TPSA) is 44.4 Å². The molecule has 0 aliphatic carbocycles. The highest BCUT2D eigenvalue weighted by Crippen LogP contribution is 2.24. The van der Waals surface area contributed by atoms with E-state index in [1.54, 1.807) is 0 Å². The van der Waals surface area contributed by atoms with E-state index in [0.717, 1.165) is 19.5 Å². The molecule has 0 aromatic carbocycles. The third-order valence-corrected chi connectivity index (χ3v) is 4.97. The van der Waals surface area contributed by atoms with Crippen LogP contribution >= 0.6 is 0 Å². The number of carbonyl (C=O) groups excluding carboxylic acids is 1. The molecule has 0 aromatic heterocycles. The van der Waals surface area contributed by atoms with Gasteiger partial charge in [0.25, 0.3) is 0 Å². The molecule has 122 valence electrons. The fourth-order valence-corrected chi connectivity index (χ4v) is 3.82. The molecule has 2 N–H and O–H groups in total. The fraction of sp³-hybridized carbons (Fsp3) is 0.941. The maximum atomic E-state index is 12.2. The summed E-state index contributed by atoms with van der Waals surface area (Å²) in [5.41, 5.74) is 0. The molecule has 0 bridgehead atoms. The first-order valence-corrected chi connectivity index (χ1v) is 8.97. The largest absolute Gasteiger partial charge is 0.353 e. The van der Waals surface area contributed by atoms with Crippen LogP contribution in [0.5, 0.6) is 0 Å². The molecule has 2 aliphatic rings. The van der Waals surface area contributed by atoms with E-state index in [1.807, 2.05) is 0 Å². The molecule has 3 atom stereocenters. The lowest BCUT2D eigenvalue weighted by Gasteiger charge is -2.29. The second-order valence-electron chi connectivity index (χ2n) is 6.85. The Balaban J connectivity index is 1.71. The molecule has 2 saturated heterocycles. The molecule has 0 aromatic rings. The number of hydrogen-bond donors (Lipinski definition) is 2. The van der Waals surface area contributed by atoms with Gasteiger partial charge in [-0.05, 0) is 52.1 Å². The van der Waals surface area contributed by atoms with Crippen LogP contribution in [-0.4, -0.2) is 48.6 Å². The van der Waals surface area contributed by atoms with Crippen LogP contribution in [0, 0.1) is 0 Å². The van der Waals surface area contributed by atoms with E-state index in [1.165, 1.54) is 44.9 Å². The Kier molecular flexibility index (Phi) is 6.97. The summed E-state index contributed by atoms with van der Waals surface area (Å²) >= 11 is 0. The minimum Gasteiger partial charge on any atom is -0.353 e. The van der Waals surface area contributed by atoms with Crippen LogP contribution in [0.2, 0.25) is 0 Å². The zero-order valence-corrected chi connectivity index (χ0v) is 13.9. The highest BCUT2D eigenvalue weighted by atomic mass is 16.2. The number of carbonyl (C=O) groups is 1. The molecule has 3 unspecified atom stereocenters. The molecule has 2 fully saturated rings. The van der Waals surface area contributed by atoms with Crippen LogP contribution in [0.3, 0.4) is 0 Å². The van der Waals surface area contributed by atoms with E-state index in [2.05, 4.69) is 29.4 Å². The summed E-state index contributed by atoms with van der Waals surface area (Å²) < 4.78 is 0. The predicted octanol–water partition coefficient (Wildman–Crippen LogP) is 2.29. The summed E-state index contributed by atoms with van der Waals surface area (Å²) in [5, 5.41) is 6.78. The smallest absolute Gasteiger partial charge is 0.234 e. The molecule has 2 aliphatic heterocycles. The Labute approximate surface area is 130 Å². The van der Waals surface area contributed by atoms with Crippen molar-refractivity contribution in [3.63, 3.8) is 0 Å². The molecule has 21 heavy (non-hydrogen) atoms. The van der Waals surface area contributed by atoms with Gasteiger partial charge in [0.15, 0.2) is 0 Å².